The summed E-state index contributed by atoms with van der Waals surface area (Å²) in [5.74, 6) is -0.637. The molecule has 0 aliphatic heterocycles. The number of carboxylic acids is 1. The fourth-order valence-corrected chi connectivity index (χ4v) is 2.39. The number of aliphatic carboxylic acids is 1. The van der Waals surface area contributed by atoms with Gasteiger partial charge in [-0.2, -0.15) is 0 Å². The van der Waals surface area contributed by atoms with Gasteiger partial charge in [0.15, 0.2) is 0 Å². The minimum Gasteiger partial charge on any atom is -0.492 e. The summed E-state index contributed by atoms with van der Waals surface area (Å²) in [5, 5.41) is 12.2. The van der Waals surface area contributed by atoms with Crippen molar-refractivity contribution < 1.29 is 19.4 Å². The van der Waals surface area contributed by atoms with E-state index in [4.69, 9.17) is 4.74 Å². The first-order valence-corrected chi connectivity index (χ1v) is 7.65. The molecule has 0 saturated carbocycles. The summed E-state index contributed by atoms with van der Waals surface area (Å²) >= 11 is 0. The summed E-state index contributed by atoms with van der Waals surface area (Å²) in [7, 11) is 0. The van der Waals surface area contributed by atoms with Crippen LogP contribution in [0.4, 0.5) is 5.69 Å². The minimum absolute atomic E-state index is 0.0469. The lowest BCUT2D eigenvalue weighted by molar-refractivity contribution is -0.151. The maximum Gasteiger partial charge on any atom is 0.310 e. The van der Waals surface area contributed by atoms with Crippen LogP contribution in [-0.4, -0.2) is 23.6 Å². The second-order valence-corrected chi connectivity index (χ2v) is 5.45. The van der Waals surface area contributed by atoms with Gasteiger partial charge in [0.2, 0.25) is 5.91 Å². The molecule has 0 unspecified atom stereocenters. The van der Waals surface area contributed by atoms with Crippen LogP contribution in [-0.2, 0) is 9.59 Å². The van der Waals surface area contributed by atoms with E-state index in [9.17, 15) is 14.7 Å². The number of anilines is 1. The van der Waals surface area contributed by atoms with E-state index in [0.717, 1.165) is 5.56 Å². The first-order valence-electron chi connectivity index (χ1n) is 7.65. The zero-order chi connectivity index (χ0) is 16.8. The molecule has 0 bridgehead atoms. The van der Waals surface area contributed by atoms with E-state index < -0.39 is 11.4 Å². The molecule has 0 spiro atoms. The average molecular weight is 307 g/mol. The molecule has 0 radical (unpaired) electrons. The molecule has 0 atom stereocenters. The number of ether oxygens (including phenoxy) is 1. The molecule has 2 N–H and O–H groups in total. The Labute approximate surface area is 131 Å². The highest BCUT2D eigenvalue weighted by molar-refractivity contribution is 5.95. The molecule has 0 fully saturated rings. The van der Waals surface area contributed by atoms with Crippen LogP contribution < -0.4 is 10.1 Å². The average Bonchev–Trinajstić information content (AvgIpc) is 2.47. The first-order chi connectivity index (χ1) is 10.4. The van der Waals surface area contributed by atoms with Gasteiger partial charge in [0, 0.05) is 6.42 Å². The summed E-state index contributed by atoms with van der Waals surface area (Å²) in [4.78, 5) is 23.7. The molecule has 1 rings (SSSR count). The zero-order valence-corrected chi connectivity index (χ0v) is 13.7. The highest BCUT2D eigenvalue weighted by Gasteiger charge is 2.37. The number of amides is 1. The van der Waals surface area contributed by atoms with Gasteiger partial charge < -0.3 is 15.2 Å². The molecule has 122 valence electrons. The van der Waals surface area contributed by atoms with Gasteiger partial charge in [-0.25, -0.2) is 0 Å². The Morgan fingerprint density at radius 2 is 1.86 bits per heavy atom. The molecule has 1 aromatic carbocycles. The molecule has 1 amide bonds. The fraction of sp³-hybridized carbons (Fsp3) is 0.529. The van der Waals surface area contributed by atoms with Gasteiger partial charge in [0.25, 0.3) is 0 Å². The van der Waals surface area contributed by atoms with Gasteiger partial charge in [-0.1, -0.05) is 19.9 Å². The molecule has 0 aromatic heterocycles. The van der Waals surface area contributed by atoms with Gasteiger partial charge in [-0.05, 0) is 44.4 Å². The molecular formula is C17H25NO4. The van der Waals surface area contributed by atoms with E-state index in [2.05, 4.69) is 5.32 Å². The topological polar surface area (TPSA) is 75.6 Å². The molecular weight excluding hydrogens is 282 g/mol. The van der Waals surface area contributed by atoms with Crippen molar-refractivity contribution in [1.82, 2.24) is 0 Å². The molecule has 0 aliphatic carbocycles. The van der Waals surface area contributed by atoms with E-state index in [-0.39, 0.29) is 12.3 Å². The van der Waals surface area contributed by atoms with Gasteiger partial charge in [0.1, 0.15) is 5.75 Å². The van der Waals surface area contributed by atoms with Crippen molar-refractivity contribution in [3.63, 3.8) is 0 Å². The van der Waals surface area contributed by atoms with E-state index in [1.54, 1.807) is 19.9 Å². The quantitative estimate of drug-likeness (QED) is 0.769. The predicted octanol–water partition coefficient (Wildman–Crippen LogP) is 3.61. The number of nitrogens with one attached hydrogen (secondary N) is 1. The first kappa shape index (κ1) is 18.0. The Morgan fingerprint density at radius 1 is 1.23 bits per heavy atom. The number of rotatable bonds is 8. The third-order valence-electron chi connectivity index (χ3n) is 4.02. The largest absolute Gasteiger partial charge is 0.492 e. The smallest absolute Gasteiger partial charge is 0.310 e. The summed E-state index contributed by atoms with van der Waals surface area (Å²) in [5.41, 5.74) is 0.591. The van der Waals surface area contributed by atoms with Crippen molar-refractivity contribution in [3.05, 3.63) is 23.8 Å². The Bertz CT molecular complexity index is 535. The van der Waals surface area contributed by atoms with Crippen molar-refractivity contribution in [3.8, 4) is 5.75 Å². The Balaban J connectivity index is 2.91. The van der Waals surface area contributed by atoms with E-state index in [0.29, 0.717) is 30.9 Å². The SMILES string of the molecule is CCOc1cc(C)ccc1NC(=O)CC(CC)(CC)C(=O)O. The Morgan fingerprint density at radius 3 is 2.36 bits per heavy atom. The van der Waals surface area contributed by atoms with Gasteiger partial charge in [0.05, 0.1) is 17.7 Å². The number of carbonyl (C=O) groups excluding carboxylic acids is 1. The third kappa shape index (κ3) is 4.23. The van der Waals surface area contributed by atoms with Crippen LogP contribution in [0.25, 0.3) is 0 Å². The van der Waals surface area contributed by atoms with E-state index in [1.807, 2.05) is 26.0 Å². The van der Waals surface area contributed by atoms with Crippen LogP contribution >= 0.6 is 0 Å². The molecule has 5 nitrogen and oxygen atoms in total. The van der Waals surface area contributed by atoms with Crippen LogP contribution in [0.3, 0.4) is 0 Å². The number of hydrogen-bond donors (Lipinski definition) is 2. The molecule has 0 saturated heterocycles. The maximum absolute atomic E-state index is 12.3. The maximum atomic E-state index is 12.3. The summed E-state index contributed by atoms with van der Waals surface area (Å²) in [6.45, 7) is 7.90. The van der Waals surface area contributed by atoms with E-state index in [1.165, 1.54) is 0 Å². The Hall–Kier alpha value is -2.04. The second-order valence-electron chi connectivity index (χ2n) is 5.45. The summed E-state index contributed by atoms with van der Waals surface area (Å²) in [6, 6.07) is 5.50. The van der Waals surface area contributed by atoms with Crippen molar-refractivity contribution in [2.45, 2.75) is 47.0 Å². The number of carboxylic acid groups (broad SMARTS) is 1. The van der Waals surface area contributed by atoms with Crippen molar-refractivity contribution in [1.29, 1.82) is 0 Å². The standard InChI is InChI=1S/C17H25NO4/c1-5-17(6-2,16(20)21)11-15(19)18-13-9-8-12(4)10-14(13)22-7-3/h8-10H,5-7,11H2,1-4H3,(H,18,19)(H,20,21). The van der Waals surface area contributed by atoms with Crippen LogP contribution in [0.15, 0.2) is 18.2 Å². The Kier molecular flexibility index (Phi) is 6.40. The van der Waals surface area contributed by atoms with Crippen LogP contribution in [0.2, 0.25) is 0 Å². The normalized spacial score (nSPS) is 11.1. The second kappa shape index (κ2) is 7.82. The monoisotopic (exact) mass is 307 g/mol. The summed E-state index contributed by atoms with van der Waals surface area (Å²) < 4.78 is 5.52. The van der Waals surface area contributed by atoms with Crippen molar-refractivity contribution in [2.75, 3.05) is 11.9 Å². The summed E-state index contributed by atoms with van der Waals surface area (Å²) in [6.07, 6.45) is 0.783. The van der Waals surface area contributed by atoms with E-state index >= 15 is 0 Å². The number of hydrogen-bond acceptors (Lipinski definition) is 3. The van der Waals surface area contributed by atoms with Gasteiger partial charge >= 0.3 is 5.97 Å². The molecule has 0 aliphatic rings. The van der Waals surface area contributed by atoms with Crippen molar-refractivity contribution >= 4 is 17.6 Å². The van der Waals surface area contributed by atoms with Gasteiger partial charge in [-0.3, -0.25) is 9.59 Å². The number of aryl methyl sites for hydroxylation is 1. The lowest BCUT2D eigenvalue weighted by Crippen LogP contribution is -2.34. The lowest BCUT2D eigenvalue weighted by Gasteiger charge is -2.26. The number of carbonyl (C=O) groups is 2. The highest BCUT2D eigenvalue weighted by Crippen LogP contribution is 2.32. The molecule has 0 heterocycles. The predicted molar refractivity (Wildman–Crippen MR) is 86.2 cm³/mol. The van der Waals surface area contributed by atoms with Crippen LogP contribution in [0.1, 0.15) is 45.6 Å². The number of benzene rings is 1. The van der Waals surface area contributed by atoms with Crippen LogP contribution in [0.5, 0.6) is 5.75 Å². The fourth-order valence-electron chi connectivity index (χ4n) is 2.39. The van der Waals surface area contributed by atoms with Crippen LogP contribution in [0, 0.1) is 12.3 Å². The zero-order valence-electron chi connectivity index (χ0n) is 13.7. The minimum atomic E-state index is -1.01. The lowest BCUT2D eigenvalue weighted by atomic mass is 9.79. The molecule has 22 heavy (non-hydrogen) atoms. The molecule has 5 heteroatoms. The highest BCUT2D eigenvalue weighted by atomic mass is 16.5. The van der Waals surface area contributed by atoms with Gasteiger partial charge in [-0.15, -0.1) is 0 Å². The molecule has 1 aromatic rings. The van der Waals surface area contributed by atoms with Crippen molar-refractivity contribution in [2.24, 2.45) is 5.41 Å². The third-order valence-corrected chi connectivity index (χ3v) is 4.02.